The van der Waals surface area contributed by atoms with Crippen LogP contribution in [0.3, 0.4) is 0 Å². The smallest absolute Gasteiger partial charge is 0.351 e. The Balaban J connectivity index is 2.08. The van der Waals surface area contributed by atoms with Crippen LogP contribution < -0.4 is 0 Å². The zero-order valence-corrected chi connectivity index (χ0v) is 19.4. The SMILES string of the molecule is C/C=C(/C)C(=O)O[C@H]1CC(C)=C2CC=C(C)C2C2OC(=O)C(C)(OC(=O)/C(C)=C\C)C21. The maximum Gasteiger partial charge on any atom is 0.351 e. The van der Waals surface area contributed by atoms with Gasteiger partial charge in [-0.25, -0.2) is 14.4 Å². The number of ether oxygens (including phenoxy) is 3. The number of esters is 3. The van der Waals surface area contributed by atoms with Crippen LogP contribution in [0.25, 0.3) is 0 Å². The summed E-state index contributed by atoms with van der Waals surface area (Å²) in [6.45, 7) is 12.5. The van der Waals surface area contributed by atoms with E-state index in [1.54, 1.807) is 46.8 Å². The molecular formula is C25H32O6. The Morgan fingerprint density at radius 3 is 2.35 bits per heavy atom. The Bertz CT molecular complexity index is 934. The molecule has 1 saturated heterocycles. The Morgan fingerprint density at radius 1 is 1.13 bits per heavy atom. The van der Waals surface area contributed by atoms with Gasteiger partial charge < -0.3 is 14.2 Å². The largest absolute Gasteiger partial charge is 0.458 e. The first-order valence-corrected chi connectivity index (χ1v) is 10.8. The normalized spacial score (nSPS) is 33.3. The summed E-state index contributed by atoms with van der Waals surface area (Å²) in [4.78, 5) is 38.4. The van der Waals surface area contributed by atoms with E-state index in [0.717, 1.165) is 17.6 Å². The van der Waals surface area contributed by atoms with Crippen molar-refractivity contribution in [1.29, 1.82) is 0 Å². The molecule has 0 radical (unpaired) electrons. The Morgan fingerprint density at radius 2 is 1.74 bits per heavy atom. The van der Waals surface area contributed by atoms with Gasteiger partial charge in [-0.05, 0) is 54.9 Å². The van der Waals surface area contributed by atoms with E-state index in [2.05, 4.69) is 6.08 Å². The van der Waals surface area contributed by atoms with Gasteiger partial charge in [0.05, 0.1) is 5.92 Å². The highest BCUT2D eigenvalue weighted by Crippen LogP contribution is 2.52. The van der Waals surface area contributed by atoms with Crippen molar-refractivity contribution < 1.29 is 28.6 Å². The monoisotopic (exact) mass is 428 g/mol. The molecule has 0 saturated carbocycles. The van der Waals surface area contributed by atoms with Crippen LogP contribution in [0.15, 0.2) is 46.1 Å². The van der Waals surface area contributed by atoms with Crippen molar-refractivity contribution in [2.75, 3.05) is 0 Å². The third kappa shape index (κ3) is 3.88. The lowest BCUT2D eigenvalue weighted by atomic mass is 9.77. The molecule has 0 aromatic heterocycles. The topological polar surface area (TPSA) is 78.9 Å². The molecule has 0 N–H and O–H groups in total. The molecule has 5 atom stereocenters. The lowest BCUT2D eigenvalue weighted by Crippen LogP contribution is -2.50. The molecule has 0 aromatic rings. The van der Waals surface area contributed by atoms with Gasteiger partial charge >= 0.3 is 17.9 Å². The minimum Gasteiger partial charge on any atom is -0.458 e. The summed E-state index contributed by atoms with van der Waals surface area (Å²) in [7, 11) is 0. The third-order valence-corrected chi connectivity index (χ3v) is 7.01. The quantitative estimate of drug-likeness (QED) is 0.286. The van der Waals surface area contributed by atoms with Crippen LogP contribution >= 0.6 is 0 Å². The number of carbonyl (C=O) groups excluding carboxylic acids is 3. The highest BCUT2D eigenvalue weighted by Gasteiger charge is 2.64. The fourth-order valence-electron chi connectivity index (χ4n) is 4.83. The zero-order chi connectivity index (χ0) is 23.1. The van der Waals surface area contributed by atoms with Crippen molar-refractivity contribution in [3.63, 3.8) is 0 Å². The first-order chi connectivity index (χ1) is 14.5. The molecule has 0 spiro atoms. The molecule has 31 heavy (non-hydrogen) atoms. The molecule has 1 aliphatic heterocycles. The highest BCUT2D eigenvalue weighted by atomic mass is 16.6. The fraction of sp³-hybridized carbons (Fsp3) is 0.560. The molecule has 3 rings (SSSR count). The van der Waals surface area contributed by atoms with Gasteiger partial charge in [0.1, 0.15) is 12.2 Å². The van der Waals surface area contributed by atoms with Crippen LogP contribution in [0, 0.1) is 11.8 Å². The standard InChI is InChI=1S/C25H32O6/c1-8-13(3)22(26)29-18-12-16(6)17-11-10-15(5)19(17)21-20(18)25(7,24(28)30-21)31-23(27)14(4)9-2/h8-10,18-21H,11-12H2,1-7H3/b13-8-,14-9-/t18-,19?,20?,21?,25?/m0/s1. The van der Waals surface area contributed by atoms with Crippen molar-refractivity contribution in [3.8, 4) is 0 Å². The molecule has 2 aliphatic carbocycles. The molecule has 0 amide bonds. The van der Waals surface area contributed by atoms with Gasteiger partial charge in [0.15, 0.2) is 0 Å². The van der Waals surface area contributed by atoms with Crippen molar-refractivity contribution in [2.45, 2.75) is 79.1 Å². The van der Waals surface area contributed by atoms with E-state index in [1.165, 1.54) is 5.57 Å². The van der Waals surface area contributed by atoms with Gasteiger partial charge in [-0.1, -0.05) is 34.9 Å². The minimum atomic E-state index is -1.56. The molecule has 1 heterocycles. The second-order valence-corrected chi connectivity index (χ2v) is 8.92. The first-order valence-electron chi connectivity index (χ1n) is 10.8. The van der Waals surface area contributed by atoms with E-state index in [-0.39, 0.29) is 5.92 Å². The highest BCUT2D eigenvalue weighted by molar-refractivity contribution is 5.92. The van der Waals surface area contributed by atoms with E-state index >= 15 is 0 Å². The molecule has 0 bridgehead atoms. The summed E-state index contributed by atoms with van der Waals surface area (Å²) in [5.74, 6) is -2.33. The van der Waals surface area contributed by atoms with Gasteiger partial charge in [0.25, 0.3) is 0 Å². The second-order valence-electron chi connectivity index (χ2n) is 8.92. The molecule has 3 aliphatic rings. The number of hydrogen-bond donors (Lipinski definition) is 0. The third-order valence-electron chi connectivity index (χ3n) is 7.01. The van der Waals surface area contributed by atoms with Crippen molar-refractivity contribution in [1.82, 2.24) is 0 Å². The molecule has 6 heteroatoms. The number of carbonyl (C=O) groups is 3. The van der Waals surface area contributed by atoms with Gasteiger partial charge in [-0.3, -0.25) is 0 Å². The average Bonchev–Trinajstić information content (AvgIpc) is 3.19. The van der Waals surface area contributed by atoms with Gasteiger partial charge in [0, 0.05) is 23.5 Å². The van der Waals surface area contributed by atoms with Crippen molar-refractivity contribution in [3.05, 3.63) is 46.1 Å². The fourth-order valence-corrected chi connectivity index (χ4v) is 4.83. The van der Waals surface area contributed by atoms with Crippen LogP contribution in [0.4, 0.5) is 0 Å². The molecule has 168 valence electrons. The summed E-state index contributed by atoms with van der Waals surface area (Å²) in [6, 6.07) is 0. The Kier molecular flexibility index (Phi) is 6.30. The number of allylic oxidation sites excluding steroid dienone is 3. The Hall–Kier alpha value is -2.63. The summed E-state index contributed by atoms with van der Waals surface area (Å²) >= 11 is 0. The maximum absolute atomic E-state index is 13.1. The van der Waals surface area contributed by atoms with Gasteiger partial charge in [-0.15, -0.1) is 0 Å². The number of fused-ring (bicyclic) bond motifs is 3. The predicted octanol–water partition coefficient (Wildman–Crippen LogP) is 4.36. The molecule has 6 nitrogen and oxygen atoms in total. The van der Waals surface area contributed by atoms with Crippen LogP contribution in [0.1, 0.15) is 61.3 Å². The van der Waals surface area contributed by atoms with E-state index in [0.29, 0.717) is 17.6 Å². The predicted molar refractivity (Wildman–Crippen MR) is 116 cm³/mol. The molecule has 4 unspecified atom stereocenters. The molecular weight excluding hydrogens is 396 g/mol. The zero-order valence-electron chi connectivity index (χ0n) is 19.4. The van der Waals surface area contributed by atoms with E-state index in [4.69, 9.17) is 14.2 Å². The van der Waals surface area contributed by atoms with Crippen LogP contribution in [0.2, 0.25) is 0 Å². The van der Waals surface area contributed by atoms with E-state index < -0.39 is 41.6 Å². The summed E-state index contributed by atoms with van der Waals surface area (Å²) in [5, 5.41) is 0. The maximum atomic E-state index is 13.1. The number of rotatable bonds is 4. The molecule has 1 fully saturated rings. The van der Waals surface area contributed by atoms with E-state index in [1.807, 2.05) is 13.8 Å². The van der Waals surface area contributed by atoms with Crippen LogP contribution in [0.5, 0.6) is 0 Å². The first kappa shape index (κ1) is 23.0. The Labute approximate surface area is 184 Å². The van der Waals surface area contributed by atoms with E-state index in [9.17, 15) is 14.4 Å². The summed E-state index contributed by atoms with van der Waals surface area (Å²) in [6.07, 6.45) is 5.50. The lowest BCUT2D eigenvalue weighted by Gasteiger charge is -2.35. The van der Waals surface area contributed by atoms with Gasteiger partial charge in [-0.2, -0.15) is 0 Å². The summed E-state index contributed by atoms with van der Waals surface area (Å²) < 4.78 is 17.6. The van der Waals surface area contributed by atoms with Gasteiger partial charge in [0.2, 0.25) is 5.60 Å². The van der Waals surface area contributed by atoms with Crippen LogP contribution in [-0.2, 0) is 28.6 Å². The van der Waals surface area contributed by atoms with Crippen LogP contribution in [-0.4, -0.2) is 35.7 Å². The summed E-state index contributed by atoms with van der Waals surface area (Å²) in [5.41, 5.74) is 2.76. The van der Waals surface area contributed by atoms with Crippen molar-refractivity contribution in [2.24, 2.45) is 11.8 Å². The number of hydrogen-bond acceptors (Lipinski definition) is 6. The average molecular weight is 429 g/mol. The minimum absolute atomic E-state index is 0.0937. The van der Waals surface area contributed by atoms with Crippen molar-refractivity contribution >= 4 is 17.9 Å². The molecule has 0 aromatic carbocycles. The lowest BCUT2D eigenvalue weighted by molar-refractivity contribution is -0.175. The second kappa shape index (κ2) is 8.48.